The molecule has 0 aliphatic carbocycles. The molecule has 0 spiro atoms. The standard InChI is InChI=1S/C24H31FN4O4S/c1-3-17(2)22(24(31)27-15-18-6-4-12-26-14-18)28-23(30)19-7-5-13-29(16-19)34(32,33)21-10-8-20(25)9-11-21/h4,6,8-12,14,17,19,22H,3,5,7,13,15-16H2,1-2H3,(H,27,31)(H,28,30)/t17-,19-,22+/m1/s1. The van der Waals surface area contributed by atoms with Crippen LogP contribution in [0.25, 0.3) is 0 Å². The van der Waals surface area contributed by atoms with Crippen molar-refractivity contribution >= 4 is 21.8 Å². The Morgan fingerprint density at radius 3 is 2.62 bits per heavy atom. The third kappa shape index (κ3) is 6.38. The van der Waals surface area contributed by atoms with E-state index in [1.54, 1.807) is 18.5 Å². The van der Waals surface area contributed by atoms with E-state index in [0.717, 1.165) is 17.7 Å². The van der Waals surface area contributed by atoms with E-state index in [4.69, 9.17) is 0 Å². The Bertz CT molecular complexity index is 1080. The molecule has 1 aliphatic heterocycles. The SMILES string of the molecule is CC[C@@H](C)[C@H](NC(=O)[C@@H]1CCCN(S(=O)(=O)c2ccc(F)cc2)C1)C(=O)NCc1cccnc1. The highest BCUT2D eigenvalue weighted by molar-refractivity contribution is 7.89. The summed E-state index contributed by atoms with van der Waals surface area (Å²) in [4.78, 5) is 30.0. The third-order valence-corrected chi connectivity index (χ3v) is 8.07. The summed E-state index contributed by atoms with van der Waals surface area (Å²) in [6, 6.07) is 7.54. The predicted octanol–water partition coefficient (Wildman–Crippen LogP) is 2.47. The minimum atomic E-state index is -3.85. The number of nitrogens with one attached hydrogen (secondary N) is 2. The number of carbonyl (C=O) groups is 2. The molecule has 0 unspecified atom stereocenters. The van der Waals surface area contributed by atoms with Gasteiger partial charge in [-0.05, 0) is 54.7 Å². The van der Waals surface area contributed by atoms with Gasteiger partial charge in [0.15, 0.2) is 0 Å². The fourth-order valence-corrected chi connectivity index (χ4v) is 5.43. The second kappa shape index (κ2) is 11.5. The van der Waals surface area contributed by atoms with Crippen LogP contribution >= 0.6 is 0 Å². The van der Waals surface area contributed by atoms with Gasteiger partial charge in [-0.3, -0.25) is 14.6 Å². The van der Waals surface area contributed by atoms with Crippen molar-refractivity contribution in [3.63, 3.8) is 0 Å². The lowest BCUT2D eigenvalue weighted by molar-refractivity contribution is -0.133. The van der Waals surface area contributed by atoms with Crippen LogP contribution in [0.5, 0.6) is 0 Å². The van der Waals surface area contributed by atoms with Crippen LogP contribution in [0.1, 0.15) is 38.7 Å². The van der Waals surface area contributed by atoms with Crippen molar-refractivity contribution in [2.75, 3.05) is 13.1 Å². The number of piperidine rings is 1. The number of hydrogen-bond donors (Lipinski definition) is 2. The topological polar surface area (TPSA) is 108 Å². The first kappa shape index (κ1) is 25.8. The quantitative estimate of drug-likeness (QED) is 0.561. The minimum absolute atomic E-state index is 0.00999. The van der Waals surface area contributed by atoms with E-state index in [2.05, 4.69) is 15.6 Å². The number of amides is 2. The molecule has 2 heterocycles. The molecular formula is C24H31FN4O4S. The highest BCUT2D eigenvalue weighted by atomic mass is 32.2. The molecule has 0 saturated carbocycles. The van der Waals surface area contributed by atoms with Gasteiger partial charge in [0.05, 0.1) is 10.8 Å². The van der Waals surface area contributed by atoms with Crippen molar-refractivity contribution in [3.8, 4) is 0 Å². The van der Waals surface area contributed by atoms with Crippen molar-refractivity contribution in [2.45, 2.75) is 50.6 Å². The molecule has 1 saturated heterocycles. The molecule has 184 valence electrons. The van der Waals surface area contributed by atoms with Gasteiger partial charge in [0.25, 0.3) is 0 Å². The van der Waals surface area contributed by atoms with Crippen LogP contribution in [0.2, 0.25) is 0 Å². The second-order valence-electron chi connectivity index (χ2n) is 8.61. The van der Waals surface area contributed by atoms with E-state index >= 15 is 0 Å². The minimum Gasteiger partial charge on any atom is -0.350 e. The van der Waals surface area contributed by atoms with Crippen molar-refractivity contribution in [1.82, 2.24) is 19.9 Å². The van der Waals surface area contributed by atoms with E-state index in [-0.39, 0.29) is 35.7 Å². The predicted molar refractivity (Wildman–Crippen MR) is 125 cm³/mol. The van der Waals surface area contributed by atoms with Gasteiger partial charge in [0.2, 0.25) is 21.8 Å². The van der Waals surface area contributed by atoms with Crippen LogP contribution in [0, 0.1) is 17.7 Å². The van der Waals surface area contributed by atoms with Gasteiger partial charge >= 0.3 is 0 Å². The van der Waals surface area contributed by atoms with Gasteiger partial charge < -0.3 is 10.6 Å². The first-order chi connectivity index (χ1) is 16.2. The van der Waals surface area contributed by atoms with Gasteiger partial charge in [-0.15, -0.1) is 0 Å². The molecule has 2 aromatic rings. The number of halogens is 1. The van der Waals surface area contributed by atoms with Crippen LogP contribution < -0.4 is 10.6 Å². The smallest absolute Gasteiger partial charge is 0.243 e. The lowest BCUT2D eigenvalue weighted by atomic mass is 9.94. The van der Waals surface area contributed by atoms with Crippen molar-refractivity contribution in [3.05, 3.63) is 60.2 Å². The summed E-state index contributed by atoms with van der Waals surface area (Å²) in [7, 11) is -3.85. The fraction of sp³-hybridized carbons (Fsp3) is 0.458. The van der Waals surface area contributed by atoms with Crippen molar-refractivity contribution in [1.29, 1.82) is 0 Å². The summed E-state index contributed by atoms with van der Waals surface area (Å²) in [6.07, 6.45) is 5.03. The summed E-state index contributed by atoms with van der Waals surface area (Å²) in [5, 5.41) is 5.71. The lowest BCUT2D eigenvalue weighted by Gasteiger charge is -2.32. The molecule has 1 aromatic heterocycles. The number of nitrogens with zero attached hydrogens (tertiary/aromatic N) is 2. The van der Waals surface area contributed by atoms with Crippen LogP contribution in [0.3, 0.4) is 0 Å². The summed E-state index contributed by atoms with van der Waals surface area (Å²) < 4.78 is 40.4. The number of benzene rings is 1. The van der Waals surface area contributed by atoms with Crippen molar-refractivity contribution < 1.29 is 22.4 Å². The molecule has 3 rings (SSSR count). The highest BCUT2D eigenvalue weighted by Gasteiger charge is 2.35. The van der Waals surface area contributed by atoms with Crippen LogP contribution in [0.4, 0.5) is 4.39 Å². The zero-order valence-corrected chi connectivity index (χ0v) is 20.2. The first-order valence-corrected chi connectivity index (χ1v) is 12.9. The maximum atomic E-state index is 13.2. The maximum Gasteiger partial charge on any atom is 0.243 e. The molecule has 1 fully saturated rings. The number of aromatic nitrogens is 1. The van der Waals surface area contributed by atoms with Crippen LogP contribution in [0.15, 0.2) is 53.7 Å². The molecule has 3 atom stereocenters. The van der Waals surface area contributed by atoms with Gasteiger partial charge in [0.1, 0.15) is 11.9 Å². The van der Waals surface area contributed by atoms with E-state index in [0.29, 0.717) is 25.8 Å². The zero-order valence-electron chi connectivity index (χ0n) is 19.4. The van der Waals surface area contributed by atoms with E-state index in [1.807, 2.05) is 19.9 Å². The lowest BCUT2D eigenvalue weighted by Crippen LogP contribution is -2.53. The molecule has 0 radical (unpaired) electrons. The Kier molecular flexibility index (Phi) is 8.73. The number of rotatable bonds is 9. The van der Waals surface area contributed by atoms with Crippen LogP contribution in [-0.4, -0.2) is 48.7 Å². The van der Waals surface area contributed by atoms with Gasteiger partial charge in [-0.2, -0.15) is 4.31 Å². The summed E-state index contributed by atoms with van der Waals surface area (Å²) in [6.45, 7) is 4.42. The Morgan fingerprint density at radius 1 is 1.24 bits per heavy atom. The third-order valence-electron chi connectivity index (χ3n) is 6.19. The molecule has 2 N–H and O–H groups in total. The van der Waals surface area contributed by atoms with Crippen LogP contribution in [-0.2, 0) is 26.2 Å². The number of pyridine rings is 1. The normalized spacial score (nSPS) is 18.6. The Hall–Kier alpha value is -2.85. The Labute approximate surface area is 200 Å². The maximum absolute atomic E-state index is 13.2. The number of carbonyl (C=O) groups excluding carboxylic acids is 2. The fourth-order valence-electron chi connectivity index (χ4n) is 3.91. The Morgan fingerprint density at radius 2 is 1.97 bits per heavy atom. The highest BCUT2D eigenvalue weighted by Crippen LogP contribution is 2.24. The average Bonchev–Trinajstić information content (AvgIpc) is 2.86. The van der Waals surface area contributed by atoms with Gasteiger partial charge in [-0.1, -0.05) is 26.3 Å². The molecular weight excluding hydrogens is 459 g/mol. The second-order valence-corrected chi connectivity index (χ2v) is 10.5. The molecule has 8 nitrogen and oxygen atoms in total. The molecule has 2 amide bonds. The molecule has 1 aliphatic rings. The van der Waals surface area contributed by atoms with Crippen molar-refractivity contribution in [2.24, 2.45) is 11.8 Å². The first-order valence-electron chi connectivity index (χ1n) is 11.4. The van der Waals surface area contributed by atoms with E-state index < -0.39 is 27.8 Å². The van der Waals surface area contributed by atoms with Gasteiger partial charge in [-0.25, -0.2) is 12.8 Å². The average molecular weight is 491 g/mol. The van der Waals surface area contributed by atoms with Gasteiger partial charge in [0, 0.05) is 32.0 Å². The summed E-state index contributed by atoms with van der Waals surface area (Å²) in [5.74, 6) is -1.85. The number of hydrogen-bond acceptors (Lipinski definition) is 5. The molecule has 1 aromatic carbocycles. The number of sulfonamides is 1. The molecule has 34 heavy (non-hydrogen) atoms. The molecule has 10 heteroatoms. The summed E-state index contributed by atoms with van der Waals surface area (Å²) >= 11 is 0. The monoisotopic (exact) mass is 490 g/mol. The zero-order chi connectivity index (χ0) is 24.7. The largest absolute Gasteiger partial charge is 0.350 e. The van der Waals surface area contributed by atoms with E-state index in [1.165, 1.54) is 16.4 Å². The molecule has 0 bridgehead atoms. The van der Waals surface area contributed by atoms with E-state index in [9.17, 15) is 22.4 Å². The summed E-state index contributed by atoms with van der Waals surface area (Å²) in [5.41, 5.74) is 0.846. The Balaban J connectivity index is 1.66.